The lowest BCUT2D eigenvalue weighted by Gasteiger charge is -2.40. The van der Waals surface area contributed by atoms with Crippen LogP contribution < -0.4 is 10.6 Å². The second kappa shape index (κ2) is 7.65. The third kappa shape index (κ3) is 5.51. The van der Waals surface area contributed by atoms with Crippen LogP contribution in [-0.4, -0.2) is 36.3 Å². The lowest BCUT2D eigenvalue weighted by Crippen LogP contribution is -2.73. The number of alkyl halides is 12. The molecule has 0 heterocycles. The molecule has 0 saturated carbocycles. The van der Waals surface area contributed by atoms with Crippen LogP contribution in [-0.2, 0) is 4.79 Å². The molecule has 0 bridgehead atoms. The van der Waals surface area contributed by atoms with Gasteiger partial charge in [0, 0.05) is 10.7 Å². The summed E-state index contributed by atoms with van der Waals surface area (Å²) in [5.74, 6) is -8.76. The Hall–Kier alpha value is -2.06. The van der Waals surface area contributed by atoms with Gasteiger partial charge < -0.3 is 10.6 Å². The van der Waals surface area contributed by atoms with E-state index >= 15 is 0 Å². The van der Waals surface area contributed by atoms with Gasteiger partial charge in [-0.25, -0.2) is 0 Å². The average Bonchev–Trinajstić information content (AvgIpc) is 2.43. The number of nitrogens with one attached hydrogen (secondary N) is 2. The maximum absolute atomic E-state index is 13.3. The van der Waals surface area contributed by atoms with Gasteiger partial charge in [-0.15, -0.1) is 0 Å². The molecule has 1 rings (SSSR count). The molecule has 1 aromatic carbocycles. The summed E-state index contributed by atoms with van der Waals surface area (Å²) in [6, 6.07) is 2.59. The number of carbonyl (C=O) groups excluding carboxylic acids is 1. The highest BCUT2D eigenvalue weighted by molar-refractivity contribution is 6.30. The van der Waals surface area contributed by atoms with Crippen LogP contribution in [0.5, 0.6) is 0 Å². The van der Waals surface area contributed by atoms with Crippen molar-refractivity contribution in [1.82, 2.24) is 5.32 Å². The van der Waals surface area contributed by atoms with Gasteiger partial charge in [-0.05, 0) is 24.3 Å². The number of carbonyl (C=O) groups is 1. The molecule has 0 aliphatic heterocycles. The third-order valence-corrected chi connectivity index (χ3v) is 3.51. The van der Waals surface area contributed by atoms with Gasteiger partial charge in [-0.2, -0.15) is 52.7 Å². The normalized spacial score (nSPS) is 14.1. The summed E-state index contributed by atoms with van der Waals surface area (Å²) in [6.45, 7) is 0. The van der Waals surface area contributed by atoms with Crippen LogP contribution in [0.2, 0.25) is 5.02 Å². The van der Waals surface area contributed by atoms with E-state index in [1.54, 1.807) is 0 Å². The van der Waals surface area contributed by atoms with E-state index in [1.807, 2.05) is 0 Å². The topological polar surface area (TPSA) is 41.1 Å². The lowest BCUT2D eigenvalue weighted by molar-refractivity contribution is -0.304. The van der Waals surface area contributed by atoms with E-state index in [0.717, 1.165) is 12.1 Å². The van der Waals surface area contributed by atoms with Crippen molar-refractivity contribution in [2.45, 2.75) is 30.4 Å². The summed E-state index contributed by atoms with van der Waals surface area (Å²) in [6.07, 6.45) is -26.3. The smallest absolute Gasteiger partial charge is 0.348 e. The number of hydrogen-bond acceptors (Lipinski definition) is 2. The fourth-order valence-electron chi connectivity index (χ4n) is 1.97. The van der Waals surface area contributed by atoms with Crippen molar-refractivity contribution in [3.05, 3.63) is 29.3 Å². The van der Waals surface area contributed by atoms with Gasteiger partial charge >= 0.3 is 30.4 Å². The summed E-state index contributed by atoms with van der Waals surface area (Å²) in [5.41, 5.74) is -6.75. The fourth-order valence-corrected chi connectivity index (χ4v) is 2.09. The molecule has 0 aromatic heterocycles. The summed E-state index contributed by atoms with van der Waals surface area (Å²) in [7, 11) is 0. The van der Waals surface area contributed by atoms with Crippen LogP contribution in [0.3, 0.4) is 0 Å². The van der Waals surface area contributed by atoms with E-state index < -0.39 is 47.9 Å². The molecule has 0 aliphatic rings. The SMILES string of the molecule is O=C(NC(Nc1ccc(Cl)cc1)(C(F)(F)F)C(F)(F)F)C(C(F)(F)F)C(F)(F)F. The number of rotatable bonds is 4. The van der Waals surface area contributed by atoms with Crippen molar-refractivity contribution in [3.63, 3.8) is 0 Å². The number of hydrogen-bond donors (Lipinski definition) is 2. The lowest BCUT2D eigenvalue weighted by atomic mass is 10.0. The zero-order valence-corrected chi connectivity index (χ0v) is 14.0. The average molecular weight is 471 g/mol. The summed E-state index contributed by atoms with van der Waals surface area (Å²) >= 11 is 5.40. The Labute approximate surface area is 158 Å². The van der Waals surface area contributed by atoms with Gasteiger partial charge in [0.1, 0.15) is 0 Å². The van der Waals surface area contributed by atoms with E-state index in [-0.39, 0.29) is 10.3 Å². The molecule has 0 aliphatic carbocycles. The Kier molecular flexibility index (Phi) is 6.58. The number of benzene rings is 1. The number of anilines is 1. The summed E-state index contributed by atoms with van der Waals surface area (Å²) in [5, 5.41) is 0.359. The number of halogens is 13. The molecule has 16 heteroatoms. The van der Waals surface area contributed by atoms with E-state index in [0.29, 0.717) is 17.4 Å². The van der Waals surface area contributed by atoms with Crippen molar-refractivity contribution in [2.75, 3.05) is 5.32 Å². The summed E-state index contributed by atoms with van der Waals surface area (Å²) < 4.78 is 155. The molecular weight excluding hydrogens is 464 g/mol. The Balaban J connectivity index is 3.55. The largest absolute Gasteiger partial charge is 0.439 e. The molecule has 0 fully saturated rings. The van der Waals surface area contributed by atoms with Gasteiger partial charge in [0.15, 0.2) is 0 Å². The Morgan fingerprint density at radius 2 is 1.14 bits per heavy atom. The molecule has 2 N–H and O–H groups in total. The molecular formula is C13H7ClF12N2O. The van der Waals surface area contributed by atoms with Crippen molar-refractivity contribution in [3.8, 4) is 0 Å². The zero-order valence-electron chi connectivity index (χ0n) is 13.2. The van der Waals surface area contributed by atoms with Crippen LogP contribution in [0.25, 0.3) is 0 Å². The van der Waals surface area contributed by atoms with Crippen LogP contribution >= 0.6 is 11.6 Å². The van der Waals surface area contributed by atoms with E-state index in [2.05, 4.69) is 0 Å². The fraction of sp³-hybridized carbons (Fsp3) is 0.462. The molecule has 166 valence electrons. The first kappa shape index (κ1) is 25.0. The second-order valence-corrected chi connectivity index (χ2v) is 5.82. The predicted molar refractivity (Wildman–Crippen MR) is 73.7 cm³/mol. The monoisotopic (exact) mass is 470 g/mol. The molecule has 0 saturated heterocycles. The molecule has 29 heavy (non-hydrogen) atoms. The van der Waals surface area contributed by atoms with Crippen molar-refractivity contribution >= 4 is 23.2 Å². The van der Waals surface area contributed by atoms with Gasteiger partial charge in [0.05, 0.1) is 0 Å². The third-order valence-electron chi connectivity index (χ3n) is 3.25. The second-order valence-electron chi connectivity index (χ2n) is 5.38. The Morgan fingerprint density at radius 1 is 0.759 bits per heavy atom. The molecule has 0 atom stereocenters. The Bertz CT molecular complexity index is 692. The first-order valence-corrected chi connectivity index (χ1v) is 7.23. The van der Waals surface area contributed by atoms with Gasteiger partial charge in [0.2, 0.25) is 11.8 Å². The van der Waals surface area contributed by atoms with Gasteiger partial charge in [-0.3, -0.25) is 4.79 Å². The molecule has 0 radical (unpaired) electrons. The molecule has 0 spiro atoms. The molecule has 1 amide bonds. The minimum absolute atomic E-state index is 0.168. The van der Waals surface area contributed by atoms with Crippen molar-refractivity contribution in [2.24, 2.45) is 5.92 Å². The first-order chi connectivity index (χ1) is 12.7. The molecule has 1 aromatic rings. The van der Waals surface area contributed by atoms with E-state index in [9.17, 15) is 57.5 Å². The number of amides is 1. The maximum Gasteiger partial charge on any atom is 0.439 e. The molecule has 0 unspecified atom stereocenters. The summed E-state index contributed by atoms with van der Waals surface area (Å²) in [4.78, 5) is 11.4. The highest BCUT2D eigenvalue weighted by Gasteiger charge is 2.74. The van der Waals surface area contributed by atoms with Crippen LogP contribution in [0.1, 0.15) is 0 Å². The van der Waals surface area contributed by atoms with Crippen LogP contribution in [0.15, 0.2) is 24.3 Å². The van der Waals surface area contributed by atoms with E-state index in [4.69, 9.17) is 11.6 Å². The maximum atomic E-state index is 13.3. The predicted octanol–water partition coefficient (Wildman–Crippen LogP) is 5.43. The van der Waals surface area contributed by atoms with Crippen molar-refractivity contribution < 1.29 is 57.5 Å². The minimum Gasteiger partial charge on any atom is -0.348 e. The highest BCUT2D eigenvalue weighted by atomic mass is 35.5. The first-order valence-electron chi connectivity index (χ1n) is 6.85. The van der Waals surface area contributed by atoms with Gasteiger partial charge in [0.25, 0.3) is 0 Å². The zero-order chi connectivity index (χ0) is 23.1. The van der Waals surface area contributed by atoms with Crippen LogP contribution in [0, 0.1) is 5.92 Å². The molecule has 3 nitrogen and oxygen atoms in total. The standard InChI is InChI=1S/C13H7ClF12N2O/c14-5-1-3-6(4-2-5)27-11(12(21,22)23,13(24,25)26)28-8(29)7(9(15,16)17)10(18,19)20/h1-4,7,27H,(H,28,29). The van der Waals surface area contributed by atoms with E-state index in [1.165, 1.54) is 0 Å². The van der Waals surface area contributed by atoms with Gasteiger partial charge in [-0.1, -0.05) is 11.6 Å². The highest BCUT2D eigenvalue weighted by Crippen LogP contribution is 2.46. The van der Waals surface area contributed by atoms with Crippen LogP contribution in [0.4, 0.5) is 58.4 Å². The van der Waals surface area contributed by atoms with Crippen molar-refractivity contribution in [1.29, 1.82) is 0 Å². The quantitative estimate of drug-likeness (QED) is 0.455. The Morgan fingerprint density at radius 3 is 1.45 bits per heavy atom. The minimum atomic E-state index is -6.62.